The fourth-order valence-corrected chi connectivity index (χ4v) is 2.35. The van der Waals surface area contributed by atoms with Crippen molar-refractivity contribution in [3.63, 3.8) is 0 Å². The predicted octanol–water partition coefficient (Wildman–Crippen LogP) is 3.30. The topological polar surface area (TPSA) is 68.1 Å². The van der Waals surface area contributed by atoms with Gasteiger partial charge >= 0.3 is 0 Å². The molecule has 1 heterocycles. The van der Waals surface area contributed by atoms with Gasteiger partial charge in [-0.25, -0.2) is 0 Å². The van der Waals surface area contributed by atoms with Gasteiger partial charge in [0.2, 0.25) is 0 Å². The molecule has 3 N–H and O–H groups in total. The lowest BCUT2D eigenvalue weighted by molar-refractivity contribution is 0.104. The van der Waals surface area contributed by atoms with Crippen LogP contribution in [0, 0.1) is 6.92 Å². The largest absolute Gasteiger partial charge is 0.497 e. The smallest absolute Gasteiger partial charge is 0.195 e. The van der Waals surface area contributed by atoms with Gasteiger partial charge in [0.05, 0.1) is 7.11 Å². The van der Waals surface area contributed by atoms with Gasteiger partial charge in [-0.15, -0.1) is 0 Å². The molecular formula is C17H16N2O2. The Morgan fingerprint density at radius 2 is 2.00 bits per heavy atom. The summed E-state index contributed by atoms with van der Waals surface area (Å²) in [4.78, 5) is 15.8. The van der Waals surface area contributed by atoms with E-state index in [1.54, 1.807) is 25.4 Å². The van der Waals surface area contributed by atoms with Gasteiger partial charge in [-0.1, -0.05) is 12.1 Å². The zero-order valence-electron chi connectivity index (χ0n) is 11.9. The van der Waals surface area contributed by atoms with Crippen LogP contribution in [-0.2, 0) is 0 Å². The molecule has 0 atom stereocenters. The van der Waals surface area contributed by atoms with E-state index in [1.165, 1.54) is 0 Å². The number of fused-ring (bicyclic) bond motifs is 1. The molecule has 0 spiro atoms. The highest BCUT2D eigenvalue weighted by Crippen LogP contribution is 2.26. The first-order valence-electron chi connectivity index (χ1n) is 6.66. The number of benzene rings is 2. The van der Waals surface area contributed by atoms with Crippen molar-refractivity contribution >= 4 is 22.4 Å². The van der Waals surface area contributed by atoms with Gasteiger partial charge in [0.25, 0.3) is 0 Å². The number of hydrogen-bond acceptors (Lipinski definition) is 3. The van der Waals surface area contributed by atoms with E-state index < -0.39 is 0 Å². The first-order valence-corrected chi connectivity index (χ1v) is 6.66. The van der Waals surface area contributed by atoms with Gasteiger partial charge in [0, 0.05) is 33.9 Å². The lowest BCUT2D eigenvalue weighted by Gasteiger charge is -2.05. The first-order chi connectivity index (χ1) is 10.1. The molecule has 1 aromatic heterocycles. The average molecular weight is 280 g/mol. The van der Waals surface area contributed by atoms with Crippen LogP contribution in [0.15, 0.2) is 42.6 Å². The van der Waals surface area contributed by atoms with Gasteiger partial charge < -0.3 is 15.5 Å². The van der Waals surface area contributed by atoms with Crippen molar-refractivity contribution in [2.24, 2.45) is 0 Å². The number of carbonyl (C=O) groups is 1. The van der Waals surface area contributed by atoms with Crippen LogP contribution < -0.4 is 10.5 Å². The van der Waals surface area contributed by atoms with E-state index in [2.05, 4.69) is 4.98 Å². The molecule has 0 radical (unpaired) electrons. The molecule has 3 aromatic rings. The number of aromatic nitrogens is 1. The Kier molecular flexibility index (Phi) is 3.14. The van der Waals surface area contributed by atoms with Crippen LogP contribution >= 0.6 is 0 Å². The number of nitrogen functional groups attached to an aromatic ring is 1. The van der Waals surface area contributed by atoms with E-state index in [4.69, 9.17) is 10.5 Å². The lowest BCUT2D eigenvalue weighted by atomic mass is 10.0. The predicted molar refractivity (Wildman–Crippen MR) is 83.9 cm³/mol. The maximum absolute atomic E-state index is 12.7. The van der Waals surface area contributed by atoms with Crippen LogP contribution in [0.2, 0.25) is 0 Å². The van der Waals surface area contributed by atoms with Crippen LogP contribution in [0.5, 0.6) is 5.75 Å². The normalized spacial score (nSPS) is 10.8. The van der Waals surface area contributed by atoms with Gasteiger partial charge in [-0.3, -0.25) is 4.79 Å². The number of methoxy groups -OCH3 is 1. The highest BCUT2D eigenvalue weighted by Gasteiger charge is 2.15. The maximum atomic E-state index is 12.7. The third-order valence-electron chi connectivity index (χ3n) is 3.67. The number of aryl methyl sites for hydroxylation is 1. The molecule has 106 valence electrons. The molecule has 0 aliphatic carbocycles. The number of nitrogens with one attached hydrogen (secondary N) is 1. The Morgan fingerprint density at radius 1 is 1.19 bits per heavy atom. The first kappa shape index (κ1) is 13.2. The van der Waals surface area contributed by atoms with Crippen LogP contribution in [-0.4, -0.2) is 17.9 Å². The van der Waals surface area contributed by atoms with Gasteiger partial charge in [0.1, 0.15) is 5.75 Å². The monoisotopic (exact) mass is 280 g/mol. The van der Waals surface area contributed by atoms with E-state index in [-0.39, 0.29) is 5.78 Å². The van der Waals surface area contributed by atoms with Crippen molar-refractivity contribution < 1.29 is 9.53 Å². The van der Waals surface area contributed by atoms with Gasteiger partial charge in [-0.05, 0) is 36.8 Å². The molecule has 0 fully saturated rings. The molecule has 4 heteroatoms. The van der Waals surface area contributed by atoms with Crippen LogP contribution in [0.4, 0.5) is 5.69 Å². The minimum Gasteiger partial charge on any atom is -0.497 e. The Bertz CT molecular complexity index is 834. The SMILES string of the molecule is COc1ccc2[nH]cc(C(=O)c3ccc(C)c(N)c3)c2c1. The summed E-state index contributed by atoms with van der Waals surface area (Å²) in [6.45, 7) is 1.92. The number of ether oxygens (including phenoxy) is 1. The molecule has 0 unspecified atom stereocenters. The van der Waals surface area contributed by atoms with E-state index in [0.717, 1.165) is 22.2 Å². The van der Waals surface area contributed by atoms with Crippen molar-refractivity contribution in [2.45, 2.75) is 6.92 Å². The second-order valence-electron chi connectivity index (χ2n) is 5.01. The van der Waals surface area contributed by atoms with Crippen LogP contribution in [0.25, 0.3) is 10.9 Å². The summed E-state index contributed by atoms with van der Waals surface area (Å²) in [5, 5.41) is 0.846. The van der Waals surface area contributed by atoms with Crippen molar-refractivity contribution in [3.8, 4) is 5.75 Å². The molecule has 21 heavy (non-hydrogen) atoms. The maximum Gasteiger partial charge on any atom is 0.195 e. The quantitative estimate of drug-likeness (QED) is 0.571. The van der Waals surface area contributed by atoms with Crippen LogP contribution in [0.1, 0.15) is 21.5 Å². The molecule has 0 aliphatic rings. The summed E-state index contributed by atoms with van der Waals surface area (Å²) in [5.74, 6) is 0.667. The summed E-state index contributed by atoms with van der Waals surface area (Å²) in [7, 11) is 1.61. The second-order valence-corrected chi connectivity index (χ2v) is 5.01. The number of rotatable bonds is 3. The summed E-state index contributed by atoms with van der Waals surface area (Å²) >= 11 is 0. The Labute approximate surface area is 122 Å². The number of hydrogen-bond donors (Lipinski definition) is 2. The third kappa shape index (κ3) is 2.25. The Balaban J connectivity index is 2.10. The molecule has 0 bridgehead atoms. The molecule has 4 nitrogen and oxygen atoms in total. The van der Waals surface area contributed by atoms with E-state index in [9.17, 15) is 4.79 Å². The zero-order chi connectivity index (χ0) is 15.0. The van der Waals surface area contributed by atoms with E-state index >= 15 is 0 Å². The number of ketones is 1. The second kappa shape index (κ2) is 4.98. The van der Waals surface area contributed by atoms with E-state index in [1.807, 2.05) is 31.2 Å². The number of aromatic amines is 1. The molecule has 2 aromatic carbocycles. The third-order valence-corrected chi connectivity index (χ3v) is 3.67. The zero-order valence-corrected chi connectivity index (χ0v) is 11.9. The standard InChI is InChI=1S/C17H16N2O2/c1-10-3-4-11(7-15(10)18)17(20)14-9-19-16-6-5-12(21-2)8-13(14)16/h3-9,19H,18H2,1-2H3. The number of anilines is 1. The summed E-state index contributed by atoms with van der Waals surface area (Å²) in [5.41, 5.74) is 9.58. The van der Waals surface area contributed by atoms with Crippen molar-refractivity contribution in [1.82, 2.24) is 4.98 Å². The molecule has 3 rings (SSSR count). The minimum atomic E-state index is -0.0544. The fraction of sp³-hybridized carbons (Fsp3) is 0.118. The molecular weight excluding hydrogens is 264 g/mol. The summed E-state index contributed by atoms with van der Waals surface area (Å²) < 4.78 is 5.22. The highest BCUT2D eigenvalue weighted by molar-refractivity contribution is 6.16. The molecule has 0 aliphatic heterocycles. The molecule has 0 saturated heterocycles. The van der Waals surface area contributed by atoms with Gasteiger partial charge in [0.15, 0.2) is 5.78 Å². The van der Waals surface area contributed by atoms with Crippen molar-refractivity contribution in [1.29, 1.82) is 0 Å². The summed E-state index contributed by atoms with van der Waals surface area (Å²) in [6, 6.07) is 11.0. The molecule has 0 amide bonds. The fourth-order valence-electron chi connectivity index (χ4n) is 2.35. The average Bonchev–Trinajstić information content (AvgIpc) is 2.92. The van der Waals surface area contributed by atoms with Gasteiger partial charge in [-0.2, -0.15) is 0 Å². The van der Waals surface area contributed by atoms with Crippen molar-refractivity contribution in [2.75, 3.05) is 12.8 Å². The number of nitrogens with two attached hydrogens (primary N) is 1. The van der Waals surface area contributed by atoms with E-state index in [0.29, 0.717) is 16.8 Å². The Morgan fingerprint density at radius 3 is 2.71 bits per heavy atom. The highest BCUT2D eigenvalue weighted by atomic mass is 16.5. The number of carbonyl (C=O) groups excluding carboxylic acids is 1. The minimum absolute atomic E-state index is 0.0544. The van der Waals surface area contributed by atoms with Crippen LogP contribution in [0.3, 0.4) is 0 Å². The van der Waals surface area contributed by atoms with Crippen molar-refractivity contribution in [3.05, 3.63) is 59.3 Å². The Hall–Kier alpha value is -2.75. The summed E-state index contributed by atoms with van der Waals surface area (Å²) in [6.07, 6.45) is 1.72. The lowest BCUT2D eigenvalue weighted by Crippen LogP contribution is -2.02. The molecule has 0 saturated carbocycles. The number of H-pyrrole nitrogens is 1.